The predicted molar refractivity (Wildman–Crippen MR) is 239 cm³/mol. The summed E-state index contributed by atoms with van der Waals surface area (Å²) < 4.78 is 0. The zero-order chi connectivity index (χ0) is 37.5. The van der Waals surface area contributed by atoms with Gasteiger partial charge >= 0.3 is 0 Å². The van der Waals surface area contributed by atoms with E-state index in [2.05, 4.69) is 217 Å². The van der Waals surface area contributed by atoms with Crippen molar-refractivity contribution in [2.45, 2.75) is 21.5 Å². The molecule has 1 spiro atoms. The number of fused-ring (bicyclic) bond motifs is 13. The summed E-state index contributed by atoms with van der Waals surface area (Å²) in [6, 6.07) is 70.1. The van der Waals surface area contributed by atoms with Gasteiger partial charge in [-0.1, -0.05) is 176 Å². The van der Waals surface area contributed by atoms with Crippen LogP contribution in [0.25, 0.3) is 44.5 Å². The van der Waals surface area contributed by atoms with Gasteiger partial charge in [0, 0.05) is 33.1 Å². The minimum atomic E-state index is -0.408. The highest BCUT2D eigenvalue weighted by atomic mass is 32.2. The van der Waals surface area contributed by atoms with E-state index in [-0.39, 0.29) is 0 Å². The van der Waals surface area contributed by atoms with Gasteiger partial charge in [-0.15, -0.1) is 11.8 Å². The first-order valence-corrected chi connectivity index (χ1v) is 20.8. The Bertz CT molecular complexity index is 2870. The largest absolute Gasteiger partial charge is 0.310 e. The maximum Gasteiger partial charge on any atom is 0.0726 e. The summed E-state index contributed by atoms with van der Waals surface area (Å²) >= 11 is 2.00. The third-order valence-electron chi connectivity index (χ3n) is 12.7. The lowest BCUT2D eigenvalue weighted by Crippen LogP contribution is -2.26. The molecule has 1 heterocycles. The lowest BCUT2D eigenvalue weighted by molar-refractivity contribution is 0.793. The molecule has 268 valence electrons. The monoisotopic (exact) mass is 743 g/mol. The van der Waals surface area contributed by atoms with Crippen molar-refractivity contribution in [2.75, 3.05) is 4.90 Å². The second-order valence-corrected chi connectivity index (χ2v) is 16.7. The summed E-state index contributed by atoms with van der Waals surface area (Å²) in [4.78, 5) is 3.85. The molecule has 12 rings (SSSR count). The third-order valence-corrected chi connectivity index (χ3v) is 14.1. The van der Waals surface area contributed by atoms with Gasteiger partial charge in [-0.3, -0.25) is 0 Å². The van der Waals surface area contributed by atoms with E-state index in [0.29, 0.717) is 11.2 Å². The molecular weight excluding hydrogens is 707 g/mol. The second-order valence-electron chi connectivity index (χ2n) is 15.5. The van der Waals surface area contributed by atoms with Crippen molar-refractivity contribution in [3.63, 3.8) is 0 Å². The van der Waals surface area contributed by atoms with Gasteiger partial charge in [0.05, 0.1) is 5.41 Å². The highest BCUT2D eigenvalue weighted by Gasteiger charge is 2.51. The van der Waals surface area contributed by atoms with Gasteiger partial charge in [-0.25, -0.2) is 0 Å². The number of hydrogen-bond donors (Lipinski definition) is 0. The average Bonchev–Trinajstić information content (AvgIpc) is 3.92. The molecule has 0 N–H and O–H groups in total. The van der Waals surface area contributed by atoms with E-state index in [9.17, 15) is 0 Å². The van der Waals surface area contributed by atoms with E-state index in [1.165, 1.54) is 77.2 Å². The number of thioether (sulfide) groups is 1. The number of allylic oxidation sites excluding steroid dienone is 3. The quantitative estimate of drug-likeness (QED) is 0.173. The van der Waals surface area contributed by atoms with E-state index in [0.717, 1.165) is 17.1 Å². The van der Waals surface area contributed by atoms with E-state index in [4.69, 9.17) is 0 Å². The fraction of sp³-hybridized carbons (Fsp3) is 0.0545. The molecule has 2 unspecified atom stereocenters. The van der Waals surface area contributed by atoms with Crippen LogP contribution < -0.4 is 4.90 Å². The van der Waals surface area contributed by atoms with Crippen LogP contribution >= 0.6 is 11.8 Å². The fourth-order valence-corrected chi connectivity index (χ4v) is 11.7. The Morgan fingerprint density at radius 3 is 1.54 bits per heavy atom. The van der Waals surface area contributed by atoms with E-state index < -0.39 is 5.41 Å². The molecule has 0 saturated carbocycles. The Labute approximate surface area is 338 Å². The molecular formula is C55H37NS. The zero-order valence-electron chi connectivity index (χ0n) is 31.2. The molecule has 0 amide bonds. The highest BCUT2D eigenvalue weighted by Crippen LogP contribution is 2.63. The fourth-order valence-electron chi connectivity index (χ4n) is 10.2. The Balaban J connectivity index is 1.03. The van der Waals surface area contributed by atoms with Crippen molar-refractivity contribution >= 4 is 28.8 Å². The molecule has 0 bridgehead atoms. The van der Waals surface area contributed by atoms with Crippen LogP contribution in [-0.4, -0.2) is 5.25 Å². The predicted octanol–water partition coefficient (Wildman–Crippen LogP) is 14.5. The summed E-state index contributed by atoms with van der Waals surface area (Å²) in [6.45, 7) is 0. The average molecular weight is 744 g/mol. The van der Waals surface area contributed by atoms with Crippen LogP contribution in [0.15, 0.2) is 217 Å². The summed E-state index contributed by atoms with van der Waals surface area (Å²) in [7, 11) is 0. The Hall–Kier alpha value is -6.61. The van der Waals surface area contributed by atoms with Gasteiger partial charge in [0.2, 0.25) is 0 Å². The summed E-state index contributed by atoms with van der Waals surface area (Å²) in [5.74, 6) is 0.441. The minimum absolute atomic E-state index is 0.408. The first-order valence-electron chi connectivity index (χ1n) is 19.9. The lowest BCUT2D eigenvalue weighted by Gasteiger charge is -2.32. The van der Waals surface area contributed by atoms with Gasteiger partial charge in [0.15, 0.2) is 0 Å². The highest BCUT2D eigenvalue weighted by molar-refractivity contribution is 8.00. The molecule has 3 aliphatic carbocycles. The molecule has 2 atom stereocenters. The lowest BCUT2D eigenvalue weighted by atomic mass is 9.70. The van der Waals surface area contributed by atoms with Crippen LogP contribution in [0.1, 0.15) is 33.7 Å². The second kappa shape index (κ2) is 12.7. The Kier molecular flexibility index (Phi) is 7.27. The maximum absolute atomic E-state index is 2.48. The summed E-state index contributed by atoms with van der Waals surface area (Å²) in [5, 5.41) is 0.466. The van der Waals surface area contributed by atoms with Crippen LogP contribution in [-0.2, 0) is 5.41 Å². The van der Waals surface area contributed by atoms with Crippen molar-refractivity contribution in [2.24, 2.45) is 0 Å². The van der Waals surface area contributed by atoms with E-state index in [1.54, 1.807) is 0 Å². The van der Waals surface area contributed by atoms with Crippen LogP contribution in [0.2, 0.25) is 0 Å². The summed E-state index contributed by atoms with van der Waals surface area (Å²) in [5.41, 5.74) is 20.1. The van der Waals surface area contributed by atoms with Crippen LogP contribution in [0.3, 0.4) is 0 Å². The van der Waals surface area contributed by atoms with E-state index >= 15 is 0 Å². The number of anilines is 3. The molecule has 4 aliphatic rings. The van der Waals surface area contributed by atoms with Gasteiger partial charge < -0.3 is 4.90 Å². The molecule has 8 aromatic carbocycles. The van der Waals surface area contributed by atoms with Crippen LogP contribution in [0.4, 0.5) is 17.1 Å². The molecule has 1 nitrogen and oxygen atoms in total. The molecule has 0 fully saturated rings. The van der Waals surface area contributed by atoms with Crippen molar-refractivity contribution < 1.29 is 0 Å². The number of benzene rings is 8. The molecule has 57 heavy (non-hydrogen) atoms. The molecule has 2 heteroatoms. The normalized spacial score (nSPS) is 17.1. The molecule has 0 aromatic heterocycles. The molecule has 8 aromatic rings. The first kappa shape index (κ1) is 32.6. The van der Waals surface area contributed by atoms with Gasteiger partial charge in [0.25, 0.3) is 0 Å². The molecule has 0 saturated heterocycles. The first-order chi connectivity index (χ1) is 28.3. The minimum Gasteiger partial charge on any atom is -0.310 e. The number of nitrogens with zero attached hydrogens (tertiary/aromatic N) is 1. The molecule has 0 radical (unpaired) electrons. The standard InChI is InChI=1S/C55H37NS/c1-2-13-36(14-3-1)37-25-29-39(30-26-37)56(40-31-27-38(28-32-40)42-19-12-20-48-47-18-7-11-24-53(47)57-54(42)48)41-33-34-46-45-17-6-10-23-51(45)55(52(46)35-41)49-21-8-4-15-43(49)44-16-5-9-22-50(44)55/h1-35,47,53H. The van der Waals surface area contributed by atoms with Gasteiger partial charge in [0.1, 0.15) is 0 Å². The van der Waals surface area contributed by atoms with Gasteiger partial charge in [-0.2, -0.15) is 0 Å². The molecule has 1 aliphatic heterocycles. The summed E-state index contributed by atoms with van der Waals surface area (Å²) in [6.07, 6.45) is 9.10. The van der Waals surface area contributed by atoms with Crippen molar-refractivity contribution in [3.05, 3.63) is 240 Å². The van der Waals surface area contributed by atoms with E-state index in [1.807, 2.05) is 11.8 Å². The van der Waals surface area contributed by atoms with Crippen molar-refractivity contribution in [1.29, 1.82) is 0 Å². The smallest absolute Gasteiger partial charge is 0.0726 e. The van der Waals surface area contributed by atoms with Crippen molar-refractivity contribution in [1.82, 2.24) is 0 Å². The third kappa shape index (κ3) is 4.78. The van der Waals surface area contributed by atoms with Crippen LogP contribution in [0.5, 0.6) is 0 Å². The Morgan fingerprint density at radius 2 is 0.895 bits per heavy atom. The Morgan fingerprint density at radius 1 is 0.386 bits per heavy atom. The van der Waals surface area contributed by atoms with Crippen LogP contribution in [0, 0.1) is 0 Å². The maximum atomic E-state index is 2.48. The number of rotatable bonds is 5. The SMILES string of the molecule is C1=CC2Sc3c(-c4ccc(N(c5ccc(-c6ccccc6)cc5)c5ccc6c(c5)C5(c7ccccc7-c7ccccc75)c5ccccc5-6)cc4)cccc3C2C=C1. The topological polar surface area (TPSA) is 3.24 Å². The van der Waals surface area contributed by atoms with Crippen molar-refractivity contribution in [3.8, 4) is 44.5 Å². The zero-order valence-corrected chi connectivity index (χ0v) is 32.0. The number of hydrogen-bond acceptors (Lipinski definition) is 2. The van der Waals surface area contributed by atoms with Gasteiger partial charge in [-0.05, 0) is 109 Å².